The maximum atomic E-state index is 11.1. The lowest BCUT2D eigenvalue weighted by Crippen LogP contribution is -2.36. The van der Waals surface area contributed by atoms with E-state index in [-0.39, 0.29) is 6.10 Å². The van der Waals surface area contributed by atoms with E-state index in [0.29, 0.717) is 11.8 Å². The molecule has 0 radical (unpaired) electrons. The van der Waals surface area contributed by atoms with E-state index in [1.165, 1.54) is 49.7 Å². The third kappa shape index (κ3) is 1.87. The van der Waals surface area contributed by atoms with Gasteiger partial charge in [-0.1, -0.05) is 0 Å². The summed E-state index contributed by atoms with van der Waals surface area (Å²) in [4.78, 5) is 4.29. The molecule has 1 atom stereocenters. The van der Waals surface area contributed by atoms with Crippen LogP contribution in [0.3, 0.4) is 0 Å². The summed E-state index contributed by atoms with van der Waals surface area (Å²) in [5.74, 6) is 2.91. The van der Waals surface area contributed by atoms with E-state index in [1.54, 1.807) is 0 Å². The molecule has 0 spiro atoms. The molecule has 6 rings (SSSR count). The Morgan fingerprint density at radius 2 is 1.90 bits per heavy atom. The van der Waals surface area contributed by atoms with Gasteiger partial charge in [0.05, 0.1) is 24.1 Å². The smallest absolute Gasteiger partial charge is 0.0992 e. The number of fused-ring (bicyclic) bond motifs is 3. The van der Waals surface area contributed by atoms with Gasteiger partial charge >= 0.3 is 0 Å². The molecule has 4 fully saturated rings. The SMILES string of the molecule is OC(c1c(C2CC2)ccn2cncc12)C1CC2CC(C2)C1. The highest BCUT2D eigenvalue weighted by atomic mass is 16.3. The van der Waals surface area contributed by atoms with Crippen LogP contribution in [-0.4, -0.2) is 14.5 Å². The van der Waals surface area contributed by atoms with Crippen molar-refractivity contribution in [2.45, 2.75) is 50.5 Å². The van der Waals surface area contributed by atoms with Crippen molar-refractivity contribution >= 4 is 5.52 Å². The largest absolute Gasteiger partial charge is 0.388 e. The van der Waals surface area contributed by atoms with Gasteiger partial charge in [-0.2, -0.15) is 0 Å². The van der Waals surface area contributed by atoms with Gasteiger partial charge in [-0.3, -0.25) is 0 Å². The Morgan fingerprint density at radius 1 is 1.14 bits per heavy atom. The van der Waals surface area contributed by atoms with Gasteiger partial charge in [-0.05, 0) is 73.8 Å². The number of hydrogen-bond donors (Lipinski definition) is 1. The number of aliphatic hydroxyl groups is 1. The predicted octanol–water partition coefficient (Wildman–Crippen LogP) is 3.68. The third-order valence-corrected chi connectivity index (χ3v) is 6.03. The van der Waals surface area contributed by atoms with Crippen LogP contribution in [0.15, 0.2) is 24.8 Å². The first-order chi connectivity index (χ1) is 10.3. The van der Waals surface area contributed by atoms with Gasteiger partial charge in [0.1, 0.15) is 0 Å². The molecule has 2 aromatic heterocycles. The minimum Gasteiger partial charge on any atom is -0.388 e. The number of pyridine rings is 1. The maximum absolute atomic E-state index is 11.1. The van der Waals surface area contributed by atoms with Gasteiger partial charge in [0.15, 0.2) is 0 Å². The second kappa shape index (κ2) is 4.33. The minimum absolute atomic E-state index is 0.299. The molecular formula is C18H22N2O. The highest BCUT2D eigenvalue weighted by Gasteiger charge is 2.42. The molecule has 1 N–H and O–H groups in total. The van der Waals surface area contributed by atoms with Crippen molar-refractivity contribution in [3.63, 3.8) is 0 Å². The highest BCUT2D eigenvalue weighted by Crippen LogP contribution is 2.53. The summed E-state index contributed by atoms with van der Waals surface area (Å²) in [7, 11) is 0. The van der Waals surface area contributed by atoms with Crippen LogP contribution in [0.1, 0.15) is 61.7 Å². The topological polar surface area (TPSA) is 37.5 Å². The molecule has 0 amide bonds. The summed E-state index contributed by atoms with van der Waals surface area (Å²) in [6.45, 7) is 0. The quantitative estimate of drug-likeness (QED) is 0.932. The lowest BCUT2D eigenvalue weighted by molar-refractivity contribution is -0.00671. The first-order valence-electron chi connectivity index (χ1n) is 8.42. The van der Waals surface area contributed by atoms with E-state index in [4.69, 9.17) is 0 Å². The summed E-state index contributed by atoms with van der Waals surface area (Å²) in [5.41, 5.74) is 3.68. The number of hydrogen-bond acceptors (Lipinski definition) is 2. The molecule has 0 aromatic carbocycles. The van der Waals surface area contributed by atoms with Crippen LogP contribution >= 0.6 is 0 Å². The lowest BCUT2D eigenvalue weighted by atomic mass is 9.60. The van der Waals surface area contributed by atoms with Crippen molar-refractivity contribution < 1.29 is 5.11 Å². The van der Waals surface area contributed by atoms with Crippen LogP contribution in [0, 0.1) is 17.8 Å². The van der Waals surface area contributed by atoms with E-state index >= 15 is 0 Å². The molecule has 21 heavy (non-hydrogen) atoms. The third-order valence-electron chi connectivity index (χ3n) is 6.03. The van der Waals surface area contributed by atoms with Gasteiger partial charge in [0, 0.05) is 11.8 Å². The molecule has 0 saturated heterocycles. The number of imidazole rings is 1. The van der Waals surface area contributed by atoms with E-state index in [9.17, 15) is 5.11 Å². The molecule has 2 aromatic rings. The molecule has 4 aliphatic carbocycles. The van der Waals surface area contributed by atoms with Gasteiger partial charge in [0.2, 0.25) is 0 Å². The van der Waals surface area contributed by atoms with Crippen molar-refractivity contribution in [2.24, 2.45) is 17.8 Å². The summed E-state index contributed by atoms with van der Waals surface area (Å²) in [5, 5.41) is 11.1. The Bertz CT molecular complexity index is 672. The Kier molecular flexibility index (Phi) is 2.52. The first-order valence-corrected chi connectivity index (χ1v) is 8.42. The Balaban J connectivity index is 1.58. The zero-order valence-electron chi connectivity index (χ0n) is 12.3. The number of aromatic nitrogens is 2. The fourth-order valence-corrected chi connectivity index (χ4v) is 4.81. The zero-order valence-corrected chi connectivity index (χ0v) is 12.3. The Morgan fingerprint density at radius 3 is 2.62 bits per heavy atom. The predicted molar refractivity (Wildman–Crippen MR) is 81.1 cm³/mol. The Hall–Kier alpha value is -1.35. The van der Waals surface area contributed by atoms with Crippen molar-refractivity contribution in [1.82, 2.24) is 9.38 Å². The van der Waals surface area contributed by atoms with Crippen LogP contribution in [0.2, 0.25) is 0 Å². The van der Waals surface area contributed by atoms with Crippen LogP contribution in [0.25, 0.3) is 5.52 Å². The number of aliphatic hydroxyl groups excluding tert-OH is 1. The summed E-state index contributed by atoms with van der Waals surface area (Å²) in [6, 6.07) is 2.22. The van der Waals surface area contributed by atoms with Crippen molar-refractivity contribution in [3.05, 3.63) is 35.9 Å². The molecule has 3 nitrogen and oxygen atoms in total. The zero-order chi connectivity index (χ0) is 14.0. The second-order valence-corrected chi connectivity index (χ2v) is 7.52. The summed E-state index contributed by atoms with van der Waals surface area (Å²) in [6.07, 6.45) is 13.4. The average molecular weight is 282 g/mol. The Labute approximate surface area is 125 Å². The van der Waals surface area contributed by atoms with Crippen LogP contribution in [-0.2, 0) is 0 Å². The molecule has 2 heterocycles. The fraction of sp³-hybridized carbons (Fsp3) is 0.611. The van der Waals surface area contributed by atoms with Gasteiger partial charge < -0.3 is 9.51 Å². The molecule has 110 valence electrons. The highest BCUT2D eigenvalue weighted by molar-refractivity contribution is 5.59. The number of rotatable bonds is 3. The normalized spacial score (nSPS) is 32.9. The molecular weight excluding hydrogens is 260 g/mol. The summed E-state index contributed by atoms with van der Waals surface area (Å²) >= 11 is 0. The average Bonchev–Trinajstić information content (AvgIpc) is 3.22. The van der Waals surface area contributed by atoms with Crippen molar-refractivity contribution in [2.75, 3.05) is 0 Å². The summed E-state index contributed by atoms with van der Waals surface area (Å²) < 4.78 is 2.06. The fourth-order valence-electron chi connectivity index (χ4n) is 4.81. The van der Waals surface area contributed by atoms with Crippen molar-refractivity contribution in [3.8, 4) is 0 Å². The monoisotopic (exact) mass is 282 g/mol. The van der Waals surface area contributed by atoms with Crippen LogP contribution < -0.4 is 0 Å². The molecule has 0 aliphatic heterocycles. The van der Waals surface area contributed by atoms with Gasteiger partial charge in [-0.15, -0.1) is 0 Å². The van der Waals surface area contributed by atoms with E-state index in [2.05, 4.69) is 21.6 Å². The molecule has 1 unspecified atom stereocenters. The number of nitrogens with zero attached hydrogens (tertiary/aromatic N) is 2. The molecule has 4 aliphatic rings. The van der Waals surface area contributed by atoms with Gasteiger partial charge in [-0.25, -0.2) is 4.98 Å². The van der Waals surface area contributed by atoms with E-state index in [0.717, 1.165) is 17.4 Å². The second-order valence-electron chi connectivity index (χ2n) is 7.52. The van der Waals surface area contributed by atoms with Crippen molar-refractivity contribution in [1.29, 1.82) is 0 Å². The van der Waals surface area contributed by atoms with Crippen LogP contribution in [0.5, 0.6) is 0 Å². The standard InChI is InChI=1S/C18H22N2O/c21-18(14-7-11-5-12(6-11)8-14)17-15(13-1-2-13)3-4-20-10-19-9-16(17)20/h3-4,9-14,18,21H,1-2,5-8H2. The van der Waals surface area contributed by atoms with Crippen LogP contribution in [0.4, 0.5) is 0 Å². The lowest BCUT2D eigenvalue weighted by Gasteiger charge is -2.46. The van der Waals surface area contributed by atoms with E-state index < -0.39 is 0 Å². The molecule has 2 bridgehead atoms. The van der Waals surface area contributed by atoms with Gasteiger partial charge in [0.25, 0.3) is 0 Å². The first kappa shape index (κ1) is 12.2. The van der Waals surface area contributed by atoms with E-state index in [1.807, 2.05) is 12.5 Å². The molecule has 4 saturated carbocycles. The molecule has 3 heteroatoms. The maximum Gasteiger partial charge on any atom is 0.0992 e. The minimum atomic E-state index is -0.299.